The smallest absolute Gasteiger partial charge is 0.339 e. The summed E-state index contributed by atoms with van der Waals surface area (Å²) in [5, 5.41) is 8.09. The monoisotopic (exact) mass is 402 g/mol. The summed E-state index contributed by atoms with van der Waals surface area (Å²) >= 11 is 0. The van der Waals surface area contributed by atoms with Crippen LogP contribution in [0.25, 0.3) is 0 Å². The zero-order valence-corrected chi connectivity index (χ0v) is 16.5. The van der Waals surface area contributed by atoms with Gasteiger partial charge in [0.1, 0.15) is 0 Å². The second kappa shape index (κ2) is 7.73. The first-order valence-corrected chi connectivity index (χ1v) is 10.4. The Hall–Kier alpha value is -2.71. The van der Waals surface area contributed by atoms with Gasteiger partial charge in [0.2, 0.25) is 16.1 Å². The summed E-state index contributed by atoms with van der Waals surface area (Å²) in [6, 6.07) is 11.5. The van der Waals surface area contributed by atoms with Crippen LogP contribution in [0.15, 0.2) is 47.4 Å². The lowest BCUT2D eigenvalue weighted by Crippen LogP contribution is -2.33. The predicted octanol–water partition coefficient (Wildman–Crippen LogP) is 2.13. The molecule has 1 atom stereocenters. The average Bonchev–Trinajstić information content (AvgIpc) is 3.45. The van der Waals surface area contributed by atoms with E-state index in [1.165, 1.54) is 12.1 Å². The van der Waals surface area contributed by atoms with E-state index in [2.05, 4.69) is 5.32 Å². The van der Waals surface area contributed by atoms with Crippen LogP contribution in [0.1, 0.15) is 46.0 Å². The van der Waals surface area contributed by atoms with Gasteiger partial charge in [-0.05, 0) is 49.9 Å². The van der Waals surface area contributed by atoms with Crippen molar-refractivity contribution in [2.24, 2.45) is 5.14 Å². The fourth-order valence-electron chi connectivity index (χ4n) is 2.82. The number of nitrogens with two attached hydrogens (primary N) is 1. The van der Waals surface area contributed by atoms with E-state index < -0.39 is 28.0 Å². The second-order valence-corrected chi connectivity index (χ2v) is 8.47. The lowest BCUT2D eigenvalue weighted by Gasteiger charge is -2.18. The highest BCUT2D eigenvalue weighted by molar-refractivity contribution is 7.89. The molecule has 1 amide bonds. The number of carbonyl (C=O) groups is 2. The van der Waals surface area contributed by atoms with Crippen molar-refractivity contribution < 1.29 is 22.7 Å². The Kier molecular flexibility index (Phi) is 5.53. The Morgan fingerprint density at radius 1 is 1.14 bits per heavy atom. The molecule has 3 rings (SSSR count). The average molecular weight is 402 g/mol. The van der Waals surface area contributed by atoms with Crippen molar-refractivity contribution in [2.45, 2.75) is 43.7 Å². The maximum Gasteiger partial charge on any atom is 0.339 e. The highest BCUT2D eigenvalue weighted by Gasteiger charge is 2.31. The lowest BCUT2D eigenvalue weighted by molar-refractivity contribution is -0.130. The third-order valence-corrected chi connectivity index (χ3v) is 5.69. The number of ether oxygens (including phenoxy) is 1. The summed E-state index contributed by atoms with van der Waals surface area (Å²) in [7, 11) is -4.00. The quantitative estimate of drug-likeness (QED) is 0.718. The maximum absolute atomic E-state index is 12.7. The Balaban J connectivity index is 1.92. The Morgan fingerprint density at radius 3 is 2.36 bits per heavy atom. The molecule has 28 heavy (non-hydrogen) atoms. The van der Waals surface area contributed by atoms with Gasteiger partial charge in [0.25, 0.3) is 5.91 Å². The summed E-state index contributed by atoms with van der Waals surface area (Å²) in [5.74, 6) is -1.20. The minimum atomic E-state index is -4.00. The van der Waals surface area contributed by atoms with Gasteiger partial charge in [-0.1, -0.05) is 30.3 Å². The van der Waals surface area contributed by atoms with Crippen LogP contribution in [0.4, 0.5) is 0 Å². The minimum Gasteiger partial charge on any atom is -0.444 e. The summed E-state index contributed by atoms with van der Waals surface area (Å²) in [5.41, 5.74) is 1.60. The van der Waals surface area contributed by atoms with Crippen molar-refractivity contribution in [3.63, 3.8) is 0 Å². The van der Waals surface area contributed by atoms with E-state index in [9.17, 15) is 18.0 Å². The van der Waals surface area contributed by atoms with Gasteiger partial charge in [-0.2, -0.15) is 0 Å². The van der Waals surface area contributed by atoms with E-state index in [-0.39, 0.29) is 16.5 Å². The standard InChI is InChI=1S/C20H22N2O5S/c1-12-10-15(11-17(13(12)2)28(21,25)26)20(24)27-18(14-6-4-3-5-7-14)19(23)22-16-8-9-16/h3-7,10-11,16,18H,8-9H2,1-2H3,(H,22,23)(H2,21,25,26). The van der Waals surface area contributed by atoms with Crippen molar-refractivity contribution in [1.82, 2.24) is 5.32 Å². The van der Waals surface area contributed by atoms with Gasteiger partial charge < -0.3 is 10.1 Å². The summed E-state index contributed by atoms with van der Waals surface area (Å²) in [6.07, 6.45) is 0.667. The molecule has 7 nitrogen and oxygen atoms in total. The second-order valence-electron chi connectivity index (χ2n) is 6.94. The molecule has 1 aliphatic rings. The molecule has 0 spiro atoms. The van der Waals surface area contributed by atoms with Crippen LogP contribution in [0, 0.1) is 13.8 Å². The van der Waals surface area contributed by atoms with Crippen molar-refractivity contribution in [3.8, 4) is 0 Å². The Morgan fingerprint density at radius 2 is 1.79 bits per heavy atom. The molecule has 0 saturated heterocycles. The van der Waals surface area contributed by atoms with Crippen LogP contribution >= 0.6 is 0 Å². The molecule has 2 aromatic carbocycles. The summed E-state index contributed by atoms with van der Waals surface area (Å²) in [4.78, 5) is 25.2. The molecule has 0 aliphatic heterocycles. The third-order valence-electron chi connectivity index (χ3n) is 4.65. The van der Waals surface area contributed by atoms with Crippen LogP contribution in [0.2, 0.25) is 0 Å². The van der Waals surface area contributed by atoms with E-state index in [1.807, 2.05) is 0 Å². The number of carbonyl (C=O) groups excluding carboxylic acids is 2. The SMILES string of the molecule is Cc1cc(C(=O)OC(C(=O)NC2CC2)c2ccccc2)cc(S(N)(=O)=O)c1C. The van der Waals surface area contributed by atoms with E-state index >= 15 is 0 Å². The van der Waals surface area contributed by atoms with Gasteiger partial charge >= 0.3 is 5.97 Å². The third kappa shape index (κ3) is 4.58. The first kappa shape index (κ1) is 20.0. The number of nitrogens with one attached hydrogen (secondary N) is 1. The molecule has 148 valence electrons. The highest BCUT2D eigenvalue weighted by atomic mass is 32.2. The number of hydrogen-bond donors (Lipinski definition) is 2. The van der Waals surface area contributed by atoms with Crippen LogP contribution in [-0.4, -0.2) is 26.3 Å². The van der Waals surface area contributed by atoms with Crippen molar-refractivity contribution >= 4 is 21.9 Å². The molecule has 1 unspecified atom stereocenters. The first-order chi connectivity index (χ1) is 13.2. The zero-order chi connectivity index (χ0) is 20.5. The molecule has 0 aromatic heterocycles. The zero-order valence-electron chi connectivity index (χ0n) is 15.6. The van der Waals surface area contributed by atoms with Gasteiger partial charge in [0.05, 0.1) is 10.5 Å². The van der Waals surface area contributed by atoms with Gasteiger partial charge in [-0.25, -0.2) is 18.4 Å². The molecule has 1 aliphatic carbocycles. The van der Waals surface area contributed by atoms with Crippen LogP contribution in [-0.2, 0) is 19.6 Å². The number of rotatable bonds is 6. The van der Waals surface area contributed by atoms with Crippen molar-refractivity contribution in [3.05, 3.63) is 64.7 Å². The Labute approximate surface area is 163 Å². The molecule has 2 aromatic rings. The van der Waals surface area contributed by atoms with Gasteiger partial charge in [0.15, 0.2) is 0 Å². The number of primary sulfonamides is 1. The number of benzene rings is 2. The molecule has 1 fully saturated rings. The van der Waals surface area contributed by atoms with E-state index in [0.717, 1.165) is 12.8 Å². The number of aryl methyl sites for hydroxylation is 1. The minimum absolute atomic E-state index is 0.0206. The molecule has 0 bridgehead atoms. The fraction of sp³-hybridized carbons (Fsp3) is 0.300. The van der Waals surface area contributed by atoms with E-state index in [1.54, 1.807) is 44.2 Å². The molecule has 8 heteroatoms. The summed E-state index contributed by atoms with van der Waals surface area (Å²) < 4.78 is 29.1. The molecule has 0 heterocycles. The van der Waals surface area contributed by atoms with Gasteiger partial charge in [-0.15, -0.1) is 0 Å². The summed E-state index contributed by atoms with van der Waals surface area (Å²) in [6.45, 7) is 3.29. The molecular formula is C20H22N2O5S. The largest absolute Gasteiger partial charge is 0.444 e. The number of amides is 1. The molecular weight excluding hydrogens is 380 g/mol. The first-order valence-electron chi connectivity index (χ1n) is 8.87. The predicted molar refractivity (Wildman–Crippen MR) is 103 cm³/mol. The lowest BCUT2D eigenvalue weighted by atomic mass is 10.1. The van der Waals surface area contributed by atoms with Crippen LogP contribution in [0.5, 0.6) is 0 Å². The van der Waals surface area contributed by atoms with E-state index in [4.69, 9.17) is 9.88 Å². The molecule has 0 radical (unpaired) electrons. The topological polar surface area (TPSA) is 116 Å². The highest BCUT2D eigenvalue weighted by Crippen LogP contribution is 2.26. The van der Waals surface area contributed by atoms with Crippen molar-refractivity contribution in [2.75, 3.05) is 0 Å². The molecule has 1 saturated carbocycles. The van der Waals surface area contributed by atoms with Crippen LogP contribution < -0.4 is 10.5 Å². The number of hydrogen-bond acceptors (Lipinski definition) is 5. The van der Waals surface area contributed by atoms with Crippen molar-refractivity contribution in [1.29, 1.82) is 0 Å². The number of sulfonamides is 1. The maximum atomic E-state index is 12.7. The van der Waals surface area contributed by atoms with Gasteiger partial charge in [0, 0.05) is 11.6 Å². The Bertz CT molecular complexity index is 1010. The van der Waals surface area contributed by atoms with E-state index in [0.29, 0.717) is 16.7 Å². The van der Waals surface area contributed by atoms with Gasteiger partial charge in [-0.3, -0.25) is 4.79 Å². The fourth-order valence-corrected chi connectivity index (χ4v) is 3.70. The van der Waals surface area contributed by atoms with Crippen LogP contribution in [0.3, 0.4) is 0 Å². The molecule has 3 N–H and O–H groups in total. The number of esters is 1. The normalized spacial score (nSPS) is 15.0.